The molecule has 0 saturated carbocycles. The number of rotatable bonds is 2. The third-order valence-electron chi connectivity index (χ3n) is 1.74. The molecule has 0 radical (unpaired) electrons. The summed E-state index contributed by atoms with van der Waals surface area (Å²) in [5.74, 6) is -0.507. The molecule has 90 valence electrons. The fourth-order valence-corrected chi connectivity index (χ4v) is 1.32. The van der Waals surface area contributed by atoms with Gasteiger partial charge in [-0.15, -0.1) is 0 Å². The van der Waals surface area contributed by atoms with Crippen molar-refractivity contribution in [2.75, 3.05) is 14.2 Å². The smallest absolute Gasteiger partial charge is 0.284 e. The number of nitrogens with zero attached hydrogens (tertiary/aromatic N) is 2. The lowest BCUT2D eigenvalue weighted by molar-refractivity contribution is -0.903. The van der Waals surface area contributed by atoms with Gasteiger partial charge >= 0.3 is 5.15 Å². The number of carbonyl (C=O) groups excluding carboxylic acids is 1. The van der Waals surface area contributed by atoms with Gasteiger partial charge in [0.25, 0.3) is 5.91 Å². The Morgan fingerprint density at radius 3 is 2.62 bits per heavy atom. The second-order valence-electron chi connectivity index (χ2n) is 2.69. The van der Waals surface area contributed by atoms with Gasteiger partial charge in [0, 0.05) is 11.8 Å². The molecule has 0 saturated heterocycles. The molecule has 0 fully saturated rings. The lowest BCUT2D eigenvalue weighted by atomic mass is 10.2. The highest BCUT2D eigenvalue weighted by molar-refractivity contribution is 6.33. The van der Waals surface area contributed by atoms with Crippen LogP contribution in [0.3, 0.4) is 0 Å². The van der Waals surface area contributed by atoms with Crippen LogP contribution in [0.4, 0.5) is 0 Å². The number of carbonyl (C=O) groups is 1. The normalized spacial score (nSPS) is 9.50. The number of aromatic nitrogens is 1. The molecule has 1 amide bonds. The third kappa shape index (κ3) is 2.98. The predicted molar refractivity (Wildman–Crippen MR) is 59.7 cm³/mol. The SMILES string of the molecule is C.CON(C)C(=O)c1cc(Cl)c[n+](O)c1Cl. The van der Waals surface area contributed by atoms with E-state index in [0.717, 1.165) is 5.06 Å². The Hall–Kier alpha value is -1.04. The molecule has 1 N–H and O–H groups in total. The average Bonchev–Trinajstić information content (AvgIpc) is 2.21. The van der Waals surface area contributed by atoms with E-state index in [1.165, 1.54) is 26.4 Å². The molecule has 1 rings (SSSR count). The van der Waals surface area contributed by atoms with Gasteiger partial charge in [0.2, 0.25) is 6.20 Å². The minimum absolute atomic E-state index is 0. The molecular weight excluding hydrogens is 255 g/mol. The maximum Gasteiger partial charge on any atom is 0.337 e. The second-order valence-corrected chi connectivity index (χ2v) is 3.49. The van der Waals surface area contributed by atoms with E-state index in [2.05, 4.69) is 0 Å². The lowest BCUT2D eigenvalue weighted by Crippen LogP contribution is -2.35. The highest BCUT2D eigenvalue weighted by Crippen LogP contribution is 2.17. The van der Waals surface area contributed by atoms with Crippen molar-refractivity contribution >= 4 is 29.1 Å². The Morgan fingerprint density at radius 1 is 1.56 bits per heavy atom. The van der Waals surface area contributed by atoms with Crippen molar-refractivity contribution in [1.29, 1.82) is 0 Å². The molecule has 1 heterocycles. The molecule has 0 aliphatic rings. The van der Waals surface area contributed by atoms with E-state index < -0.39 is 5.91 Å². The van der Waals surface area contributed by atoms with Gasteiger partial charge in [-0.2, -0.15) is 0 Å². The Kier molecular flexibility index (Phi) is 5.50. The Balaban J connectivity index is 0.00000225. The van der Waals surface area contributed by atoms with Gasteiger partial charge in [-0.25, -0.2) is 5.06 Å². The number of hydroxylamine groups is 2. The second kappa shape index (κ2) is 5.89. The highest BCUT2D eigenvalue weighted by Gasteiger charge is 2.24. The predicted octanol–water partition coefficient (Wildman–Crippen LogP) is 1.79. The van der Waals surface area contributed by atoms with Crippen LogP contribution in [0.1, 0.15) is 17.8 Å². The van der Waals surface area contributed by atoms with Crippen LogP contribution in [0, 0.1) is 0 Å². The zero-order valence-corrected chi connectivity index (χ0v) is 9.58. The van der Waals surface area contributed by atoms with Crippen molar-refractivity contribution in [3.8, 4) is 0 Å². The fourth-order valence-electron chi connectivity index (χ4n) is 0.934. The van der Waals surface area contributed by atoms with Gasteiger partial charge in [0.05, 0.1) is 7.11 Å². The van der Waals surface area contributed by atoms with Crippen LogP contribution in [-0.4, -0.2) is 30.3 Å². The van der Waals surface area contributed by atoms with Gasteiger partial charge in [-0.1, -0.05) is 19.0 Å². The minimum atomic E-state index is -0.507. The van der Waals surface area contributed by atoms with Crippen molar-refractivity contribution in [3.05, 3.63) is 28.0 Å². The molecule has 0 unspecified atom stereocenters. The van der Waals surface area contributed by atoms with E-state index in [1.807, 2.05) is 0 Å². The van der Waals surface area contributed by atoms with E-state index in [-0.39, 0.29) is 23.2 Å². The maximum atomic E-state index is 11.6. The average molecular weight is 268 g/mol. The summed E-state index contributed by atoms with van der Waals surface area (Å²) < 4.78 is 0.570. The Bertz CT molecular complexity index is 399. The van der Waals surface area contributed by atoms with Crippen molar-refractivity contribution in [2.45, 2.75) is 7.43 Å². The first-order valence-corrected chi connectivity index (χ1v) is 4.65. The molecule has 16 heavy (non-hydrogen) atoms. The highest BCUT2D eigenvalue weighted by atomic mass is 35.5. The first kappa shape index (κ1) is 15.0. The van der Waals surface area contributed by atoms with Crippen molar-refractivity contribution in [2.24, 2.45) is 0 Å². The van der Waals surface area contributed by atoms with Gasteiger partial charge in [0.1, 0.15) is 10.6 Å². The molecule has 1 aromatic rings. The monoisotopic (exact) mass is 267 g/mol. The molecule has 7 heteroatoms. The van der Waals surface area contributed by atoms with Crippen LogP contribution in [-0.2, 0) is 4.84 Å². The number of hydrogen-bond donors (Lipinski definition) is 1. The third-order valence-corrected chi connectivity index (χ3v) is 2.32. The van der Waals surface area contributed by atoms with Crippen LogP contribution >= 0.6 is 23.2 Å². The zero-order valence-electron chi connectivity index (χ0n) is 8.07. The number of amides is 1. The molecule has 0 atom stereocenters. The van der Waals surface area contributed by atoms with Crippen LogP contribution in [0.25, 0.3) is 0 Å². The molecule has 0 aromatic carbocycles. The van der Waals surface area contributed by atoms with Crippen molar-refractivity contribution in [1.82, 2.24) is 5.06 Å². The topological polar surface area (TPSA) is 53.7 Å². The summed E-state index contributed by atoms with van der Waals surface area (Å²) in [6, 6.07) is 1.34. The van der Waals surface area contributed by atoms with Crippen LogP contribution in [0.15, 0.2) is 12.3 Å². The van der Waals surface area contributed by atoms with Crippen LogP contribution in [0.5, 0.6) is 0 Å². The Morgan fingerprint density at radius 2 is 2.12 bits per heavy atom. The lowest BCUT2D eigenvalue weighted by Gasteiger charge is -2.12. The van der Waals surface area contributed by atoms with Crippen LogP contribution in [0.2, 0.25) is 10.2 Å². The Labute approximate surface area is 104 Å². The minimum Gasteiger partial charge on any atom is -0.284 e. The molecule has 0 aliphatic heterocycles. The molecule has 0 bridgehead atoms. The summed E-state index contributed by atoms with van der Waals surface area (Å²) >= 11 is 11.4. The number of halogens is 2. The molecule has 0 spiro atoms. The standard InChI is InChI=1S/C8H9Cl2N2O3.CH4/c1-11(15-2)8(13)6-3-5(9)4-12(14)7(6)10;/h3-4,14H,1-2H3;1H4/q+1;. The summed E-state index contributed by atoms with van der Waals surface area (Å²) in [6.07, 6.45) is 1.17. The summed E-state index contributed by atoms with van der Waals surface area (Å²) in [7, 11) is 2.75. The van der Waals surface area contributed by atoms with E-state index in [9.17, 15) is 10.0 Å². The molecular formula is C9H13Cl2N2O3+. The van der Waals surface area contributed by atoms with Gasteiger partial charge in [-0.05, 0) is 17.7 Å². The summed E-state index contributed by atoms with van der Waals surface area (Å²) in [5, 5.41) is 10.3. The molecule has 0 aliphatic carbocycles. The van der Waals surface area contributed by atoms with Crippen molar-refractivity contribution < 1.29 is 19.6 Å². The van der Waals surface area contributed by atoms with Gasteiger partial charge < -0.3 is 0 Å². The first-order chi connectivity index (χ1) is 6.97. The van der Waals surface area contributed by atoms with E-state index >= 15 is 0 Å². The van der Waals surface area contributed by atoms with E-state index in [0.29, 0.717) is 4.73 Å². The summed E-state index contributed by atoms with van der Waals surface area (Å²) in [5.41, 5.74) is 0.0519. The quantitative estimate of drug-likeness (QED) is 0.385. The van der Waals surface area contributed by atoms with Crippen LogP contribution < -0.4 is 4.73 Å². The van der Waals surface area contributed by atoms with Gasteiger partial charge in [-0.3, -0.25) is 14.8 Å². The molecule has 5 nitrogen and oxygen atoms in total. The number of pyridine rings is 1. The van der Waals surface area contributed by atoms with Gasteiger partial charge in [0.15, 0.2) is 0 Å². The maximum absolute atomic E-state index is 11.6. The van der Waals surface area contributed by atoms with Crippen molar-refractivity contribution in [3.63, 3.8) is 0 Å². The summed E-state index contributed by atoms with van der Waals surface area (Å²) in [6.45, 7) is 0. The van der Waals surface area contributed by atoms with E-state index in [1.54, 1.807) is 0 Å². The zero-order chi connectivity index (χ0) is 11.6. The first-order valence-electron chi connectivity index (χ1n) is 3.89. The number of hydrogen-bond acceptors (Lipinski definition) is 3. The summed E-state index contributed by atoms with van der Waals surface area (Å²) in [4.78, 5) is 16.3. The largest absolute Gasteiger partial charge is 0.337 e. The molecule has 1 aromatic heterocycles. The fraction of sp³-hybridized carbons (Fsp3) is 0.333. The van der Waals surface area contributed by atoms with E-state index in [4.69, 9.17) is 28.0 Å².